The van der Waals surface area contributed by atoms with Gasteiger partial charge in [0.2, 0.25) is 0 Å². The number of carbonyl (C=O) groups excluding carboxylic acids is 2. The summed E-state index contributed by atoms with van der Waals surface area (Å²) in [6, 6.07) is 0. The van der Waals surface area contributed by atoms with Crippen LogP contribution in [0.15, 0.2) is 11.0 Å². The number of ketones is 1. The van der Waals surface area contributed by atoms with Crippen molar-refractivity contribution in [3.63, 3.8) is 0 Å². The number of ether oxygens (including phenoxy) is 1. The third-order valence-electron chi connectivity index (χ3n) is 8.83. The molecular weight excluding hydrogens is 478 g/mol. The topological polar surface area (TPSA) is 108 Å². The van der Waals surface area contributed by atoms with Crippen LogP contribution in [0.4, 0.5) is 0 Å². The zero-order valence-corrected chi connectivity index (χ0v) is 23.6. The zero-order valence-electron chi connectivity index (χ0n) is 22.8. The Kier molecular flexibility index (Phi) is 8.73. The molecule has 2 aliphatic rings. The van der Waals surface area contributed by atoms with Crippen LogP contribution in [0.3, 0.4) is 0 Å². The normalized spacial score (nSPS) is 36.8. The van der Waals surface area contributed by atoms with Crippen molar-refractivity contribution in [2.75, 3.05) is 0 Å². The first-order valence-electron chi connectivity index (χ1n) is 13.1. The first kappa shape index (κ1) is 28.8. The molecule has 3 N–H and O–H groups in total. The van der Waals surface area contributed by atoms with Gasteiger partial charge in [0.1, 0.15) is 11.9 Å². The Hall–Kier alpha value is -1.77. The van der Waals surface area contributed by atoms with Crippen LogP contribution in [-0.4, -0.2) is 45.5 Å². The summed E-state index contributed by atoms with van der Waals surface area (Å²) in [7, 11) is 0. The minimum absolute atomic E-state index is 0.0345. The highest BCUT2D eigenvalue weighted by molar-refractivity contribution is 7.09. The average molecular weight is 523 g/mol. The number of cyclic esters (lactones) is 1. The Morgan fingerprint density at radius 2 is 1.89 bits per heavy atom. The van der Waals surface area contributed by atoms with E-state index in [1.165, 1.54) is 11.3 Å². The van der Waals surface area contributed by atoms with Crippen LogP contribution in [0, 0.1) is 35.5 Å². The number of aliphatic hydroxyl groups excluding tert-OH is 2. The number of hydrogen-bond donors (Lipinski definition) is 3. The fourth-order valence-corrected chi connectivity index (χ4v) is 6.29. The maximum Gasteiger partial charge on any atom is 0.309 e. The number of thiazole rings is 1. The molecule has 0 unspecified atom stereocenters. The molecule has 0 bridgehead atoms. The number of rotatable bonds is 2. The van der Waals surface area contributed by atoms with E-state index in [0.29, 0.717) is 18.0 Å². The number of esters is 1. The third-order valence-corrected chi connectivity index (χ3v) is 9.70. The molecule has 1 saturated heterocycles. The Labute approximate surface area is 219 Å². The summed E-state index contributed by atoms with van der Waals surface area (Å²) in [6.45, 7) is 12.9. The number of nitrogens with zero attached hydrogens (tertiary/aromatic N) is 1. The van der Waals surface area contributed by atoms with Crippen molar-refractivity contribution in [2.45, 2.75) is 105 Å². The van der Waals surface area contributed by atoms with Crippen molar-refractivity contribution in [3.8, 4) is 0 Å². The van der Waals surface area contributed by atoms with Gasteiger partial charge in [0.15, 0.2) is 0 Å². The minimum Gasteiger partial charge on any atom is -0.458 e. The van der Waals surface area contributed by atoms with E-state index in [0.717, 1.165) is 41.0 Å². The number of fused-ring (bicyclic) bond motifs is 1. The first-order chi connectivity index (χ1) is 16.7. The molecule has 1 aliphatic carbocycles. The molecule has 8 heteroatoms. The molecule has 1 aliphatic heterocycles. The summed E-state index contributed by atoms with van der Waals surface area (Å²) in [6.07, 6.45) is 3.55. The third kappa shape index (κ3) is 6.20. The number of aromatic nitrogens is 1. The second-order valence-electron chi connectivity index (χ2n) is 12.1. The lowest BCUT2D eigenvalue weighted by Gasteiger charge is -2.34. The standard InChI is InChI=1S/C28H44NO6S/c1-16-9-8-10-28(7)14-20(28)12-22(17(2)11-21-15-36-19(4)29(21)34)35-24(31)13-23(30)27(5,6)26(33)18(3)25(16)32/h11,15-16,18,20,22-23,25,30,32,34H,8-10,12-14H2,1-7H3/q+1/b17-11+/t16-,18+,20+,22-,23-,25-,28-/m0/s1. The molecule has 2 fully saturated rings. The molecular formula is C28H44NO6S+. The quantitative estimate of drug-likeness (QED) is 0.300. The van der Waals surface area contributed by atoms with Crippen molar-refractivity contribution in [1.82, 2.24) is 0 Å². The molecule has 7 nitrogen and oxygen atoms in total. The first-order valence-corrected chi connectivity index (χ1v) is 14.0. The summed E-state index contributed by atoms with van der Waals surface area (Å²) in [5.41, 5.74) is 0.410. The van der Waals surface area contributed by atoms with Crippen LogP contribution in [0.5, 0.6) is 0 Å². The van der Waals surface area contributed by atoms with Crippen LogP contribution in [0.1, 0.15) is 90.8 Å². The predicted octanol–water partition coefficient (Wildman–Crippen LogP) is 4.48. The van der Waals surface area contributed by atoms with Gasteiger partial charge in [0.25, 0.3) is 10.7 Å². The van der Waals surface area contributed by atoms with Gasteiger partial charge in [-0.05, 0) is 55.4 Å². The highest BCUT2D eigenvalue weighted by atomic mass is 32.1. The molecule has 0 radical (unpaired) electrons. The van der Waals surface area contributed by atoms with Gasteiger partial charge >= 0.3 is 5.97 Å². The van der Waals surface area contributed by atoms with Crippen LogP contribution >= 0.6 is 11.3 Å². The smallest absolute Gasteiger partial charge is 0.309 e. The van der Waals surface area contributed by atoms with Gasteiger partial charge < -0.3 is 14.9 Å². The SMILES string of the molecule is C/C(=C\c1csc(C)[n+]1O)[C@@H]1C[C@@H]2C[C@]2(C)CCC[C@H](C)[C@H](O)[C@@H](C)C(=O)C(C)(C)[C@@H](O)CC(=O)O1. The second-order valence-corrected chi connectivity index (χ2v) is 13.2. The zero-order chi connectivity index (χ0) is 27.0. The lowest BCUT2D eigenvalue weighted by atomic mass is 9.73. The number of carbonyl (C=O) groups is 2. The summed E-state index contributed by atoms with van der Waals surface area (Å²) < 4.78 is 7.05. The average Bonchev–Trinajstić information content (AvgIpc) is 3.34. The van der Waals surface area contributed by atoms with E-state index < -0.39 is 35.6 Å². The molecule has 1 aromatic rings. The molecule has 7 atom stereocenters. The second kappa shape index (κ2) is 10.9. The van der Waals surface area contributed by atoms with Crippen molar-refractivity contribution in [3.05, 3.63) is 21.7 Å². The molecule has 1 aromatic heterocycles. The largest absolute Gasteiger partial charge is 0.458 e. The maximum absolute atomic E-state index is 13.2. The number of aryl methyl sites for hydroxylation is 1. The predicted molar refractivity (Wildman–Crippen MR) is 138 cm³/mol. The molecule has 0 aromatic carbocycles. The van der Waals surface area contributed by atoms with E-state index in [2.05, 4.69) is 6.92 Å². The van der Waals surface area contributed by atoms with Crippen molar-refractivity contribution in [2.24, 2.45) is 28.6 Å². The van der Waals surface area contributed by atoms with E-state index in [1.807, 2.05) is 32.2 Å². The Bertz CT molecular complexity index is 1000. The number of Topliss-reactive ketones (excluding diaryl/α,β-unsaturated/α-hetero) is 1. The molecule has 0 spiro atoms. The van der Waals surface area contributed by atoms with Gasteiger partial charge in [-0.2, -0.15) is 0 Å². The summed E-state index contributed by atoms with van der Waals surface area (Å²) in [5, 5.41) is 34.6. The van der Waals surface area contributed by atoms with Crippen molar-refractivity contribution < 1.29 is 34.5 Å². The summed E-state index contributed by atoms with van der Waals surface area (Å²) in [5.74, 6) is -1.09. The Balaban J connectivity index is 1.88. The van der Waals surface area contributed by atoms with E-state index in [1.54, 1.807) is 20.8 Å². The van der Waals surface area contributed by atoms with E-state index in [4.69, 9.17) is 4.74 Å². The molecule has 0 amide bonds. The van der Waals surface area contributed by atoms with Gasteiger partial charge in [0.05, 0.1) is 29.4 Å². The van der Waals surface area contributed by atoms with Gasteiger partial charge in [-0.3, -0.25) is 14.8 Å². The van der Waals surface area contributed by atoms with Crippen LogP contribution in [0.25, 0.3) is 6.08 Å². The lowest BCUT2D eigenvalue weighted by molar-refractivity contribution is -0.906. The molecule has 202 valence electrons. The maximum atomic E-state index is 13.2. The van der Waals surface area contributed by atoms with Crippen molar-refractivity contribution in [1.29, 1.82) is 0 Å². The molecule has 36 heavy (non-hydrogen) atoms. The monoisotopic (exact) mass is 522 g/mol. The highest BCUT2D eigenvalue weighted by Crippen LogP contribution is 2.58. The summed E-state index contributed by atoms with van der Waals surface area (Å²) >= 11 is 1.43. The highest BCUT2D eigenvalue weighted by Gasteiger charge is 2.50. The Morgan fingerprint density at radius 1 is 1.22 bits per heavy atom. The van der Waals surface area contributed by atoms with E-state index in [-0.39, 0.29) is 23.5 Å². The Morgan fingerprint density at radius 3 is 2.50 bits per heavy atom. The molecule has 2 heterocycles. The fraction of sp³-hybridized carbons (Fsp3) is 0.750. The van der Waals surface area contributed by atoms with Gasteiger partial charge in [-0.1, -0.05) is 52.4 Å². The molecule has 1 saturated carbocycles. The van der Waals surface area contributed by atoms with E-state index in [9.17, 15) is 25.0 Å². The van der Waals surface area contributed by atoms with Crippen molar-refractivity contribution >= 4 is 29.2 Å². The van der Waals surface area contributed by atoms with Gasteiger partial charge in [-0.25, -0.2) is 0 Å². The van der Waals surface area contributed by atoms with Crippen LogP contribution in [-0.2, 0) is 14.3 Å². The van der Waals surface area contributed by atoms with Gasteiger partial charge in [0, 0.05) is 23.6 Å². The van der Waals surface area contributed by atoms with Crippen LogP contribution < -0.4 is 4.73 Å². The number of aliphatic hydroxyl groups is 2. The molecule has 3 rings (SSSR count). The number of hydrogen-bond acceptors (Lipinski definition) is 7. The van der Waals surface area contributed by atoms with Crippen LogP contribution in [0.2, 0.25) is 0 Å². The summed E-state index contributed by atoms with van der Waals surface area (Å²) in [4.78, 5) is 26.2. The lowest BCUT2D eigenvalue weighted by Crippen LogP contribution is -2.45. The van der Waals surface area contributed by atoms with E-state index >= 15 is 0 Å². The fourth-order valence-electron chi connectivity index (χ4n) is 5.63. The minimum atomic E-state index is -1.23. The van der Waals surface area contributed by atoms with Gasteiger partial charge in [-0.15, -0.1) is 0 Å².